The molecule has 0 unspecified atom stereocenters. The number of carbonyl (C=O) groups is 2. The highest BCUT2D eigenvalue weighted by molar-refractivity contribution is 6.43. The van der Waals surface area contributed by atoms with Crippen LogP contribution in [-0.4, -0.2) is 28.1 Å². The molecule has 1 aromatic heterocycles. The van der Waals surface area contributed by atoms with E-state index in [9.17, 15) is 9.59 Å². The summed E-state index contributed by atoms with van der Waals surface area (Å²) in [7, 11) is 0. The third-order valence-corrected chi connectivity index (χ3v) is 4.67. The first-order chi connectivity index (χ1) is 13.7. The molecular weight excluding hydrogens is 354 g/mol. The summed E-state index contributed by atoms with van der Waals surface area (Å²) in [6.07, 6.45) is 2.67. The molecule has 142 valence electrons. The number of anilines is 2. The molecule has 3 N–H and O–H groups in total. The monoisotopic (exact) mass is 375 g/mol. The molecule has 7 nitrogen and oxygen atoms in total. The topological polar surface area (TPSA) is 88.0 Å². The number of amides is 2. The minimum absolute atomic E-state index is 0.341. The normalized spacial score (nSPS) is 12.9. The van der Waals surface area contributed by atoms with Crippen LogP contribution in [0.15, 0.2) is 60.8 Å². The molecular formula is C21H21N5O2. The van der Waals surface area contributed by atoms with Crippen LogP contribution in [0.2, 0.25) is 0 Å². The molecule has 1 aliphatic rings. The minimum Gasteiger partial charge on any atom is -0.317 e. The van der Waals surface area contributed by atoms with Crippen molar-refractivity contribution in [1.82, 2.24) is 15.1 Å². The standard InChI is InChI=1S/C21H21N5O2/c27-20(23-18-8-4-7-16-9-11-22-13-17(16)18)21(28)24-19-10-12-26(25-19)14-15-5-2-1-3-6-15/h1-8,10,12,22H,9,11,13-14H2,(H,23,27)(H,24,25,28). The molecule has 2 aromatic carbocycles. The van der Waals surface area contributed by atoms with E-state index in [-0.39, 0.29) is 0 Å². The Hall–Kier alpha value is -3.45. The largest absolute Gasteiger partial charge is 0.317 e. The lowest BCUT2D eigenvalue weighted by molar-refractivity contribution is -0.133. The molecule has 1 aliphatic heterocycles. The van der Waals surface area contributed by atoms with E-state index in [0.29, 0.717) is 24.6 Å². The zero-order chi connectivity index (χ0) is 19.3. The number of benzene rings is 2. The summed E-state index contributed by atoms with van der Waals surface area (Å²) < 4.78 is 1.71. The molecule has 2 amide bonds. The van der Waals surface area contributed by atoms with E-state index in [2.05, 4.69) is 21.0 Å². The SMILES string of the molecule is O=C(Nc1ccn(Cc2ccccc2)n1)C(=O)Nc1cccc2c1CNCC2. The van der Waals surface area contributed by atoms with Crippen molar-refractivity contribution in [2.24, 2.45) is 0 Å². The minimum atomic E-state index is -0.744. The first kappa shape index (κ1) is 17.9. The van der Waals surface area contributed by atoms with E-state index < -0.39 is 11.8 Å². The highest BCUT2D eigenvalue weighted by Crippen LogP contribution is 2.22. The Morgan fingerprint density at radius 2 is 1.82 bits per heavy atom. The number of nitrogens with zero attached hydrogens (tertiary/aromatic N) is 2. The molecule has 2 heterocycles. The zero-order valence-corrected chi connectivity index (χ0v) is 15.3. The van der Waals surface area contributed by atoms with Crippen molar-refractivity contribution in [3.05, 3.63) is 77.5 Å². The van der Waals surface area contributed by atoms with Crippen LogP contribution in [0.4, 0.5) is 11.5 Å². The number of aromatic nitrogens is 2. The summed E-state index contributed by atoms with van der Waals surface area (Å²) in [6.45, 7) is 2.18. The van der Waals surface area contributed by atoms with Crippen molar-refractivity contribution >= 4 is 23.3 Å². The van der Waals surface area contributed by atoms with Crippen LogP contribution in [0.25, 0.3) is 0 Å². The van der Waals surface area contributed by atoms with Crippen molar-refractivity contribution < 1.29 is 9.59 Å². The summed E-state index contributed by atoms with van der Waals surface area (Å²) in [5.41, 5.74) is 3.99. The number of hydrogen-bond acceptors (Lipinski definition) is 4. The Bertz CT molecular complexity index is 997. The molecule has 0 atom stereocenters. The predicted octanol–water partition coefficient (Wildman–Crippen LogP) is 2.15. The Kier molecular flexibility index (Phi) is 5.16. The molecule has 0 bridgehead atoms. The van der Waals surface area contributed by atoms with E-state index in [1.165, 1.54) is 5.56 Å². The van der Waals surface area contributed by atoms with Crippen molar-refractivity contribution in [3.8, 4) is 0 Å². The summed E-state index contributed by atoms with van der Waals surface area (Å²) in [5, 5.41) is 12.8. The van der Waals surface area contributed by atoms with Gasteiger partial charge in [-0.2, -0.15) is 5.10 Å². The molecule has 0 radical (unpaired) electrons. The maximum atomic E-state index is 12.3. The van der Waals surface area contributed by atoms with Crippen molar-refractivity contribution in [1.29, 1.82) is 0 Å². The fraction of sp³-hybridized carbons (Fsp3) is 0.190. The number of carbonyl (C=O) groups excluding carboxylic acids is 2. The van der Waals surface area contributed by atoms with Crippen LogP contribution in [0.3, 0.4) is 0 Å². The average Bonchev–Trinajstić information content (AvgIpc) is 3.15. The average molecular weight is 375 g/mol. The zero-order valence-electron chi connectivity index (χ0n) is 15.3. The van der Waals surface area contributed by atoms with Gasteiger partial charge < -0.3 is 16.0 Å². The highest BCUT2D eigenvalue weighted by atomic mass is 16.2. The smallest absolute Gasteiger partial charge is 0.315 e. The van der Waals surface area contributed by atoms with Gasteiger partial charge in [-0.1, -0.05) is 42.5 Å². The maximum Gasteiger partial charge on any atom is 0.315 e. The van der Waals surface area contributed by atoms with Crippen LogP contribution in [0.1, 0.15) is 16.7 Å². The molecule has 0 saturated carbocycles. The lowest BCUT2D eigenvalue weighted by atomic mass is 9.99. The number of rotatable bonds is 4. The number of hydrogen-bond donors (Lipinski definition) is 3. The van der Waals surface area contributed by atoms with Crippen LogP contribution in [0.5, 0.6) is 0 Å². The molecule has 4 rings (SSSR count). The second-order valence-corrected chi connectivity index (χ2v) is 6.66. The maximum absolute atomic E-state index is 12.3. The molecule has 0 saturated heterocycles. The van der Waals surface area contributed by atoms with Gasteiger partial charge in [-0.05, 0) is 35.7 Å². The first-order valence-corrected chi connectivity index (χ1v) is 9.20. The fourth-order valence-electron chi connectivity index (χ4n) is 3.27. The highest BCUT2D eigenvalue weighted by Gasteiger charge is 2.19. The lowest BCUT2D eigenvalue weighted by Gasteiger charge is -2.20. The molecule has 0 aliphatic carbocycles. The second-order valence-electron chi connectivity index (χ2n) is 6.66. The quantitative estimate of drug-likeness (QED) is 0.610. The molecule has 0 spiro atoms. The Morgan fingerprint density at radius 1 is 1.00 bits per heavy atom. The third kappa shape index (κ3) is 4.10. The fourth-order valence-corrected chi connectivity index (χ4v) is 3.27. The van der Waals surface area contributed by atoms with Gasteiger partial charge in [0, 0.05) is 24.5 Å². The van der Waals surface area contributed by atoms with Gasteiger partial charge in [0.1, 0.15) is 0 Å². The van der Waals surface area contributed by atoms with Crippen LogP contribution in [0, 0.1) is 0 Å². The summed E-state index contributed by atoms with van der Waals surface area (Å²) in [4.78, 5) is 24.6. The van der Waals surface area contributed by atoms with Gasteiger partial charge in [-0.3, -0.25) is 14.3 Å². The van der Waals surface area contributed by atoms with E-state index >= 15 is 0 Å². The van der Waals surface area contributed by atoms with Crippen LogP contribution < -0.4 is 16.0 Å². The van der Waals surface area contributed by atoms with Crippen molar-refractivity contribution in [3.63, 3.8) is 0 Å². The van der Waals surface area contributed by atoms with Gasteiger partial charge in [0.05, 0.1) is 6.54 Å². The predicted molar refractivity (Wildman–Crippen MR) is 107 cm³/mol. The van der Waals surface area contributed by atoms with Gasteiger partial charge in [0.2, 0.25) is 0 Å². The number of nitrogens with one attached hydrogen (secondary N) is 3. The van der Waals surface area contributed by atoms with Crippen molar-refractivity contribution in [2.45, 2.75) is 19.5 Å². The Balaban J connectivity index is 1.38. The Labute approximate surface area is 162 Å². The molecule has 3 aromatic rings. The van der Waals surface area contributed by atoms with E-state index in [4.69, 9.17) is 0 Å². The van der Waals surface area contributed by atoms with E-state index in [1.807, 2.05) is 48.5 Å². The van der Waals surface area contributed by atoms with Crippen LogP contribution in [-0.2, 0) is 29.1 Å². The van der Waals surface area contributed by atoms with Crippen LogP contribution >= 0.6 is 0 Å². The van der Waals surface area contributed by atoms with Crippen molar-refractivity contribution in [2.75, 3.05) is 17.2 Å². The van der Waals surface area contributed by atoms with Gasteiger partial charge in [0.15, 0.2) is 5.82 Å². The Morgan fingerprint density at radius 3 is 2.68 bits per heavy atom. The summed E-state index contributed by atoms with van der Waals surface area (Å²) in [6, 6.07) is 17.3. The van der Waals surface area contributed by atoms with E-state index in [1.54, 1.807) is 16.9 Å². The third-order valence-electron chi connectivity index (χ3n) is 4.67. The summed E-state index contributed by atoms with van der Waals surface area (Å²) in [5.74, 6) is -1.12. The van der Waals surface area contributed by atoms with E-state index in [0.717, 1.165) is 24.1 Å². The molecule has 28 heavy (non-hydrogen) atoms. The van der Waals surface area contributed by atoms with Gasteiger partial charge in [-0.25, -0.2) is 0 Å². The number of fused-ring (bicyclic) bond motifs is 1. The van der Waals surface area contributed by atoms with Gasteiger partial charge >= 0.3 is 11.8 Å². The second kappa shape index (κ2) is 8.06. The van der Waals surface area contributed by atoms with Gasteiger partial charge in [0.25, 0.3) is 0 Å². The first-order valence-electron chi connectivity index (χ1n) is 9.20. The summed E-state index contributed by atoms with van der Waals surface area (Å²) >= 11 is 0. The molecule has 0 fully saturated rings. The lowest BCUT2D eigenvalue weighted by Crippen LogP contribution is -2.31. The molecule has 7 heteroatoms. The van der Waals surface area contributed by atoms with Gasteiger partial charge in [-0.15, -0.1) is 0 Å².